The van der Waals surface area contributed by atoms with Gasteiger partial charge in [0, 0.05) is 9.86 Å². The highest BCUT2D eigenvalue weighted by Gasteiger charge is 2.17. The van der Waals surface area contributed by atoms with Crippen LogP contribution in [0.15, 0.2) is 79.4 Å². The van der Waals surface area contributed by atoms with E-state index < -0.39 is 0 Å². The quantitative estimate of drug-likeness (QED) is 0.186. The van der Waals surface area contributed by atoms with Gasteiger partial charge in [-0.05, 0) is 83.6 Å². The van der Waals surface area contributed by atoms with Gasteiger partial charge in [0.05, 0.1) is 27.3 Å². The SMILES string of the molecule is CCOc1cc(C=Nn2c(-c3cc4cc(Br)ccc4o3)nc3ccccc3c2=O)cc(I)c1O. The minimum absolute atomic E-state index is 0.0678. The van der Waals surface area contributed by atoms with Gasteiger partial charge in [-0.25, -0.2) is 4.98 Å². The topological polar surface area (TPSA) is 89.9 Å². The first-order valence-corrected chi connectivity index (χ1v) is 12.2. The van der Waals surface area contributed by atoms with E-state index in [4.69, 9.17) is 14.1 Å². The molecule has 0 spiro atoms. The molecular weight excluding hydrogens is 613 g/mol. The molecule has 9 heteroatoms. The van der Waals surface area contributed by atoms with Crippen molar-refractivity contribution in [1.29, 1.82) is 0 Å². The second kappa shape index (κ2) is 9.22. The van der Waals surface area contributed by atoms with E-state index in [-0.39, 0.29) is 17.1 Å². The summed E-state index contributed by atoms with van der Waals surface area (Å²) in [6.07, 6.45) is 1.53. The zero-order valence-electron chi connectivity index (χ0n) is 17.8. The van der Waals surface area contributed by atoms with Crippen LogP contribution in [0.25, 0.3) is 33.5 Å². The highest BCUT2D eigenvalue weighted by atomic mass is 127. The largest absolute Gasteiger partial charge is 0.504 e. The normalized spacial score (nSPS) is 11.6. The summed E-state index contributed by atoms with van der Waals surface area (Å²) >= 11 is 5.49. The zero-order valence-corrected chi connectivity index (χ0v) is 21.6. The molecule has 170 valence electrons. The Bertz CT molecular complexity index is 1640. The number of para-hydroxylation sites is 1. The van der Waals surface area contributed by atoms with Crippen LogP contribution in [-0.4, -0.2) is 27.6 Å². The van der Waals surface area contributed by atoms with Crippen molar-refractivity contribution in [2.75, 3.05) is 6.61 Å². The van der Waals surface area contributed by atoms with Crippen molar-refractivity contribution in [1.82, 2.24) is 9.66 Å². The van der Waals surface area contributed by atoms with Gasteiger partial charge in [0.1, 0.15) is 5.58 Å². The molecule has 0 amide bonds. The molecule has 5 aromatic rings. The Morgan fingerprint density at radius 2 is 2.03 bits per heavy atom. The minimum Gasteiger partial charge on any atom is -0.504 e. The smallest absolute Gasteiger partial charge is 0.282 e. The first-order valence-electron chi connectivity index (χ1n) is 10.4. The van der Waals surface area contributed by atoms with Gasteiger partial charge in [-0.3, -0.25) is 4.79 Å². The number of ether oxygens (including phenoxy) is 1. The standard InChI is InChI=1S/C25H17BrIN3O4/c1-2-33-21-10-14(9-18(27)23(21)31)13-28-30-24(29-19-6-4-3-5-17(19)25(30)32)22-12-15-11-16(26)7-8-20(15)34-22/h3-13,31H,2H2,1H3. The lowest BCUT2D eigenvalue weighted by Crippen LogP contribution is -2.20. The predicted molar refractivity (Wildman–Crippen MR) is 144 cm³/mol. The van der Waals surface area contributed by atoms with E-state index >= 15 is 0 Å². The molecule has 0 bridgehead atoms. The minimum atomic E-state index is -0.322. The van der Waals surface area contributed by atoms with Gasteiger partial charge in [-0.1, -0.05) is 28.1 Å². The Morgan fingerprint density at radius 3 is 2.85 bits per heavy atom. The third kappa shape index (κ3) is 4.21. The van der Waals surface area contributed by atoms with Gasteiger partial charge in [0.15, 0.2) is 17.3 Å². The maximum atomic E-state index is 13.4. The molecule has 0 saturated heterocycles. The summed E-state index contributed by atoms with van der Waals surface area (Å²) in [6, 6.07) is 18.0. The van der Waals surface area contributed by atoms with Crippen molar-refractivity contribution < 1.29 is 14.3 Å². The number of hydrogen-bond donors (Lipinski definition) is 1. The average molecular weight is 630 g/mol. The van der Waals surface area contributed by atoms with Crippen LogP contribution < -0.4 is 10.3 Å². The van der Waals surface area contributed by atoms with E-state index in [0.717, 1.165) is 9.86 Å². The van der Waals surface area contributed by atoms with Crippen molar-refractivity contribution >= 4 is 66.6 Å². The average Bonchev–Trinajstić information content (AvgIpc) is 3.24. The van der Waals surface area contributed by atoms with Gasteiger partial charge in [-0.15, -0.1) is 0 Å². The number of phenols is 1. The molecular formula is C25H17BrIN3O4. The van der Waals surface area contributed by atoms with E-state index in [1.54, 1.807) is 30.3 Å². The van der Waals surface area contributed by atoms with Crippen molar-refractivity contribution in [3.05, 3.63) is 84.6 Å². The lowest BCUT2D eigenvalue weighted by molar-refractivity contribution is 0.317. The number of phenolic OH excluding ortho intramolecular Hbond substituents is 1. The molecule has 0 aliphatic rings. The van der Waals surface area contributed by atoms with Crippen molar-refractivity contribution in [2.45, 2.75) is 6.92 Å². The van der Waals surface area contributed by atoms with Crippen molar-refractivity contribution in [2.24, 2.45) is 5.10 Å². The summed E-state index contributed by atoms with van der Waals surface area (Å²) in [5, 5.41) is 16.0. The van der Waals surface area contributed by atoms with Crippen molar-refractivity contribution in [3.8, 4) is 23.1 Å². The van der Waals surface area contributed by atoms with Gasteiger partial charge < -0.3 is 14.3 Å². The lowest BCUT2D eigenvalue weighted by Gasteiger charge is -2.09. The summed E-state index contributed by atoms with van der Waals surface area (Å²) in [5.41, 5.74) is 1.56. The van der Waals surface area contributed by atoms with Gasteiger partial charge >= 0.3 is 0 Å². The molecule has 34 heavy (non-hydrogen) atoms. The number of nitrogens with zero attached hydrogens (tertiary/aromatic N) is 3. The fraction of sp³-hybridized carbons (Fsp3) is 0.0800. The van der Waals surface area contributed by atoms with Crippen LogP contribution in [0.3, 0.4) is 0 Å². The summed E-state index contributed by atoms with van der Waals surface area (Å²) in [5.74, 6) is 1.12. The fourth-order valence-corrected chi connectivity index (χ4v) is 4.58. The Balaban J connectivity index is 1.70. The Labute approximate surface area is 216 Å². The van der Waals surface area contributed by atoms with Gasteiger partial charge in [0.25, 0.3) is 5.56 Å². The summed E-state index contributed by atoms with van der Waals surface area (Å²) in [4.78, 5) is 18.1. The molecule has 2 aromatic heterocycles. The second-order valence-corrected chi connectivity index (χ2v) is 9.47. The number of rotatable bonds is 5. The molecule has 0 unspecified atom stereocenters. The summed E-state index contributed by atoms with van der Waals surface area (Å²) < 4.78 is 14.3. The highest BCUT2D eigenvalue weighted by Crippen LogP contribution is 2.32. The maximum absolute atomic E-state index is 13.4. The molecule has 0 aliphatic carbocycles. The van der Waals surface area contributed by atoms with Crippen LogP contribution in [0.5, 0.6) is 11.5 Å². The maximum Gasteiger partial charge on any atom is 0.282 e. The number of halogens is 2. The number of aromatic hydroxyl groups is 1. The molecule has 0 aliphatic heterocycles. The van der Waals surface area contributed by atoms with Crippen LogP contribution in [0.1, 0.15) is 12.5 Å². The van der Waals surface area contributed by atoms with Crippen LogP contribution in [0, 0.1) is 3.57 Å². The van der Waals surface area contributed by atoms with E-state index in [1.807, 2.05) is 59.8 Å². The molecule has 3 aromatic carbocycles. The number of aromatic nitrogens is 2. The van der Waals surface area contributed by atoms with Crippen LogP contribution in [-0.2, 0) is 0 Å². The third-order valence-electron chi connectivity index (χ3n) is 5.13. The second-order valence-electron chi connectivity index (χ2n) is 7.39. The molecule has 1 N–H and O–H groups in total. The van der Waals surface area contributed by atoms with Gasteiger partial charge in [-0.2, -0.15) is 9.78 Å². The molecule has 0 radical (unpaired) electrons. The Kier molecular flexibility index (Phi) is 6.13. The van der Waals surface area contributed by atoms with Crippen LogP contribution in [0.4, 0.5) is 0 Å². The summed E-state index contributed by atoms with van der Waals surface area (Å²) in [7, 11) is 0. The molecule has 0 saturated carbocycles. The first kappa shape index (κ1) is 22.6. The third-order valence-corrected chi connectivity index (χ3v) is 6.44. The van der Waals surface area contributed by atoms with Crippen LogP contribution >= 0.6 is 38.5 Å². The molecule has 7 nitrogen and oxygen atoms in total. The van der Waals surface area contributed by atoms with E-state index in [0.29, 0.717) is 43.7 Å². The highest BCUT2D eigenvalue weighted by molar-refractivity contribution is 14.1. The first-order chi connectivity index (χ1) is 16.4. The fourth-order valence-electron chi connectivity index (χ4n) is 3.57. The van der Waals surface area contributed by atoms with E-state index in [1.165, 1.54) is 10.9 Å². The predicted octanol–water partition coefficient (Wildman–Crippen LogP) is 6.16. The van der Waals surface area contributed by atoms with E-state index in [2.05, 4.69) is 21.0 Å². The monoisotopic (exact) mass is 629 g/mol. The van der Waals surface area contributed by atoms with Crippen molar-refractivity contribution in [3.63, 3.8) is 0 Å². The number of benzene rings is 3. The lowest BCUT2D eigenvalue weighted by atomic mass is 10.2. The van der Waals surface area contributed by atoms with Gasteiger partial charge in [0.2, 0.25) is 5.82 Å². The number of furan rings is 1. The Hall–Kier alpha value is -3.18. The number of fused-ring (bicyclic) bond motifs is 2. The van der Waals surface area contributed by atoms with E-state index in [9.17, 15) is 9.90 Å². The molecule has 0 atom stereocenters. The number of hydrogen-bond acceptors (Lipinski definition) is 6. The molecule has 0 fully saturated rings. The molecule has 2 heterocycles. The molecule has 5 rings (SSSR count). The zero-order chi connectivity index (χ0) is 23.8. The van der Waals surface area contributed by atoms with Crippen LogP contribution in [0.2, 0.25) is 0 Å². The Morgan fingerprint density at radius 1 is 1.21 bits per heavy atom. The summed E-state index contributed by atoms with van der Waals surface area (Å²) in [6.45, 7) is 2.25.